The molecule has 0 spiro atoms. The number of carbonyl (C=O) groups is 1. The number of thioether (sulfide) groups is 1. The molecule has 1 aromatic heterocycles. The van der Waals surface area contributed by atoms with Crippen molar-refractivity contribution in [1.82, 2.24) is 9.97 Å². The summed E-state index contributed by atoms with van der Waals surface area (Å²) >= 11 is 7.12. The first-order valence-corrected chi connectivity index (χ1v) is 10.1. The molecule has 0 aliphatic carbocycles. The topological polar surface area (TPSA) is 107 Å². The quantitative estimate of drug-likeness (QED) is 0.242. The van der Waals surface area contributed by atoms with Gasteiger partial charge in [0, 0.05) is 22.3 Å². The first kappa shape index (κ1) is 21.5. The third-order valence-corrected chi connectivity index (χ3v) is 5.08. The summed E-state index contributed by atoms with van der Waals surface area (Å²) in [7, 11) is 1.38. The van der Waals surface area contributed by atoms with Gasteiger partial charge in [0.1, 0.15) is 5.75 Å². The van der Waals surface area contributed by atoms with Crippen molar-refractivity contribution in [3.8, 4) is 17.0 Å². The molecule has 0 radical (unpaired) electrons. The van der Waals surface area contributed by atoms with Gasteiger partial charge in [-0.1, -0.05) is 35.5 Å². The van der Waals surface area contributed by atoms with Gasteiger partial charge in [-0.05, 0) is 31.2 Å². The van der Waals surface area contributed by atoms with Gasteiger partial charge in [0.05, 0.1) is 35.2 Å². The molecule has 3 rings (SSSR count). The van der Waals surface area contributed by atoms with Crippen LogP contribution in [0.2, 0.25) is 5.02 Å². The summed E-state index contributed by atoms with van der Waals surface area (Å²) in [6, 6.07) is 13.1. The number of halogens is 1. The minimum atomic E-state index is -0.530. The van der Waals surface area contributed by atoms with Crippen LogP contribution in [-0.4, -0.2) is 33.7 Å². The maximum absolute atomic E-state index is 12.4. The van der Waals surface area contributed by atoms with E-state index in [1.165, 1.54) is 37.1 Å². The van der Waals surface area contributed by atoms with Crippen LogP contribution in [-0.2, 0) is 4.79 Å². The number of aryl methyl sites for hydroxylation is 1. The van der Waals surface area contributed by atoms with E-state index in [-0.39, 0.29) is 23.1 Å². The van der Waals surface area contributed by atoms with Gasteiger partial charge in [-0.3, -0.25) is 14.9 Å². The van der Waals surface area contributed by atoms with Crippen molar-refractivity contribution >= 4 is 40.6 Å². The Labute approximate surface area is 181 Å². The highest BCUT2D eigenvalue weighted by atomic mass is 35.5. The third kappa shape index (κ3) is 5.46. The largest absolute Gasteiger partial charge is 0.494 e. The van der Waals surface area contributed by atoms with Crippen molar-refractivity contribution in [3.63, 3.8) is 0 Å². The van der Waals surface area contributed by atoms with Crippen LogP contribution in [0.1, 0.15) is 5.69 Å². The van der Waals surface area contributed by atoms with Gasteiger partial charge in [-0.15, -0.1) is 0 Å². The summed E-state index contributed by atoms with van der Waals surface area (Å²) in [5.74, 6) is -0.0476. The highest BCUT2D eigenvalue weighted by Gasteiger charge is 2.14. The molecular formula is C20H17ClN4O4S. The maximum atomic E-state index is 12.4. The molecule has 1 N–H and O–H groups in total. The van der Waals surface area contributed by atoms with Crippen LogP contribution in [0.5, 0.6) is 5.75 Å². The number of anilines is 1. The van der Waals surface area contributed by atoms with Crippen molar-refractivity contribution in [1.29, 1.82) is 0 Å². The van der Waals surface area contributed by atoms with Crippen LogP contribution in [0.25, 0.3) is 11.3 Å². The number of nitro groups is 1. The van der Waals surface area contributed by atoms with E-state index in [4.69, 9.17) is 16.3 Å². The minimum Gasteiger partial charge on any atom is -0.494 e. The van der Waals surface area contributed by atoms with Crippen molar-refractivity contribution in [2.24, 2.45) is 0 Å². The van der Waals surface area contributed by atoms with Gasteiger partial charge in [0.2, 0.25) is 5.91 Å². The number of nitrogens with zero attached hydrogens (tertiary/aromatic N) is 3. The molecule has 8 nitrogen and oxygen atoms in total. The number of carbonyl (C=O) groups excluding carboxylic acids is 1. The highest BCUT2D eigenvalue weighted by Crippen LogP contribution is 2.29. The number of hydrogen-bond acceptors (Lipinski definition) is 7. The molecule has 0 unspecified atom stereocenters. The lowest BCUT2D eigenvalue weighted by atomic mass is 10.1. The molecule has 0 aliphatic heterocycles. The molecule has 0 saturated heterocycles. The van der Waals surface area contributed by atoms with E-state index < -0.39 is 4.92 Å². The Morgan fingerprint density at radius 2 is 1.93 bits per heavy atom. The fourth-order valence-electron chi connectivity index (χ4n) is 2.59. The van der Waals surface area contributed by atoms with Gasteiger partial charge < -0.3 is 10.1 Å². The van der Waals surface area contributed by atoms with E-state index in [1.54, 1.807) is 12.1 Å². The molecule has 1 amide bonds. The molecule has 1 heterocycles. The zero-order chi connectivity index (χ0) is 21.7. The Morgan fingerprint density at radius 3 is 2.60 bits per heavy atom. The molecule has 0 bridgehead atoms. The number of non-ortho nitro benzene ring substituents is 1. The Bertz CT molecular complexity index is 1090. The molecule has 2 aromatic carbocycles. The number of methoxy groups -OCH3 is 1. The first-order valence-electron chi connectivity index (χ1n) is 8.72. The molecule has 0 aliphatic rings. The number of nitrogens with one attached hydrogen (secondary N) is 1. The first-order chi connectivity index (χ1) is 14.4. The second kappa shape index (κ2) is 9.55. The van der Waals surface area contributed by atoms with Gasteiger partial charge in [0.25, 0.3) is 5.69 Å². The molecule has 10 heteroatoms. The second-order valence-corrected chi connectivity index (χ2v) is 7.54. The predicted octanol–water partition coefficient (Wildman–Crippen LogP) is 4.75. The number of ether oxygens (including phenoxy) is 1. The van der Waals surface area contributed by atoms with Crippen LogP contribution < -0.4 is 10.1 Å². The lowest BCUT2D eigenvalue weighted by Crippen LogP contribution is -2.15. The molecule has 30 heavy (non-hydrogen) atoms. The van der Waals surface area contributed by atoms with Crippen molar-refractivity contribution in [2.45, 2.75) is 12.1 Å². The number of aromatic nitrogens is 2. The standard InChI is InChI=1S/C20H17ClN4O4S/c1-12-9-17(13-3-5-14(21)6-4-13)24-20(22-12)30-11-19(26)23-16-8-7-15(25(27)28)10-18(16)29-2/h3-10H,11H2,1-2H3,(H,23,26). The summed E-state index contributed by atoms with van der Waals surface area (Å²) in [5, 5.41) is 14.7. The number of hydrogen-bond donors (Lipinski definition) is 1. The van der Waals surface area contributed by atoms with E-state index in [0.717, 1.165) is 17.0 Å². The van der Waals surface area contributed by atoms with Crippen LogP contribution in [0.4, 0.5) is 11.4 Å². The fraction of sp³-hybridized carbons (Fsp3) is 0.150. The molecular weight excluding hydrogens is 428 g/mol. The molecule has 0 atom stereocenters. The number of nitro benzene ring substituents is 1. The van der Waals surface area contributed by atoms with Crippen LogP contribution in [0, 0.1) is 17.0 Å². The van der Waals surface area contributed by atoms with E-state index in [2.05, 4.69) is 15.3 Å². The van der Waals surface area contributed by atoms with Crippen molar-refractivity contribution in [2.75, 3.05) is 18.2 Å². The van der Waals surface area contributed by atoms with Crippen LogP contribution in [0.15, 0.2) is 53.7 Å². The fourth-order valence-corrected chi connectivity index (χ4v) is 3.42. The maximum Gasteiger partial charge on any atom is 0.273 e. The summed E-state index contributed by atoms with van der Waals surface area (Å²) < 4.78 is 5.13. The monoisotopic (exact) mass is 444 g/mol. The Morgan fingerprint density at radius 1 is 1.20 bits per heavy atom. The van der Waals surface area contributed by atoms with Gasteiger partial charge in [0.15, 0.2) is 5.16 Å². The summed E-state index contributed by atoms with van der Waals surface area (Å²) in [4.78, 5) is 31.6. The van der Waals surface area contributed by atoms with E-state index >= 15 is 0 Å². The van der Waals surface area contributed by atoms with Gasteiger partial charge in [-0.2, -0.15) is 0 Å². The smallest absolute Gasteiger partial charge is 0.273 e. The Kier molecular flexibility index (Phi) is 6.86. The average Bonchev–Trinajstić information content (AvgIpc) is 2.72. The van der Waals surface area contributed by atoms with Gasteiger partial charge in [-0.25, -0.2) is 9.97 Å². The summed E-state index contributed by atoms with van der Waals surface area (Å²) in [5.41, 5.74) is 2.63. The van der Waals surface area contributed by atoms with E-state index in [0.29, 0.717) is 15.9 Å². The lowest BCUT2D eigenvalue weighted by Gasteiger charge is -2.10. The molecule has 0 fully saturated rings. The molecule has 154 valence electrons. The van der Waals surface area contributed by atoms with Crippen molar-refractivity contribution < 1.29 is 14.5 Å². The SMILES string of the molecule is COc1cc([N+](=O)[O-])ccc1NC(=O)CSc1nc(C)cc(-c2ccc(Cl)cc2)n1. The lowest BCUT2D eigenvalue weighted by molar-refractivity contribution is -0.384. The van der Waals surface area contributed by atoms with Crippen LogP contribution in [0.3, 0.4) is 0 Å². The Balaban J connectivity index is 1.69. The van der Waals surface area contributed by atoms with E-state index in [9.17, 15) is 14.9 Å². The van der Waals surface area contributed by atoms with Gasteiger partial charge >= 0.3 is 0 Å². The summed E-state index contributed by atoms with van der Waals surface area (Å²) in [6.07, 6.45) is 0. The highest BCUT2D eigenvalue weighted by molar-refractivity contribution is 7.99. The third-order valence-electron chi connectivity index (χ3n) is 3.98. The second-order valence-electron chi connectivity index (χ2n) is 6.16. The normalized spacial score (nSPS) is 10.5. The number of benzene rings is 2. The Hall–Kier alpha value is -3.17. The van der Waals surface area contributed by atoms with Crippen LogP contribution >= 0.6 is 23.4 Å². The van der Waals surface area contributed by atoms with Crippen molar-refractivity contribution in [3.05, 3.63) is 69.4 Å². The number of amides is 1. The minimum absolute atomic E-state index is 0.0592. The predicted molar refractivity (Wildman–Crippen MR) is 116 cm³/mol. The molecule has 0 saturated carbocycles. The zero-order valence-corrected chi connectivity index (χ0v) is 17.7. The average molecular weight is 445 g/mol. The zero-order valence-electron chi connectivity index (χ0n) is 16.1. The summed E-state index contributed by atoms with van der Waals surface area (Å²) in [6.45, 7) is 1.85. The van der Waals surface area contributed by atoms with E-state index in [1.807, 2.05) is 25.1 Å². The number of rotatable bonds is 7. The molecule has 3 aromatic rings.